The zero-order chi connectivity index (χ0) is 12.3. The van der Waals surface area contributed by atoms with Crippen LogP contribution in [0.4, 0.5) is 0 Å². The van der Waals surface area contributed by atoms with Crippen LogP contribution in [0.25, 0.3) is 0 Å². The molecule has 90 valence electrons. The van der Waals surface area contributed by atoms with Crippen molar-refractivity contribution < 1.29 is 14.3 Å². The number of methoxy groups -OCH3 is 1. The van der Waals surface area contributed by atoms with Crippen LogP contribution in [-0.4, -0.2) is 20.0 Å². The van der Waals surface area contributed by atoms with Gasteiger partial charge >= 0.3 is 0 Å². The van der Waals surface area contributed by atoms with Gasteiger partial charge in [0.15, 0.2) is 6.29 Å². The molecular weight excluding hydrogens is 216 g/mol. The largest absolute Gasteiger partial charge is 0.497 e. The number of ether oxygens (including phenoxy) is 2. The summed E-state index contributed by atoms with van der Waals surface area (Å²) >= 11 is 0. The van der Waals surface area contributed by atoms with Crippen molar-refractivity contribution in [1.29, 1.82) is 0 Å². The number of hydrogen-bond donors (Lipinski definition) is 0. The number of aldehydes is 1. The summed E-state index contributed by atoms with van der Waals surface area (Å²) < 4.78 is 10.5. The van der Waals surface area contributed by atoms with Gasteiger partial charge in [0.05, 0.1) is 13.7 Å². The lowest BCUT2D eigenvalue weighted by atomic mass is 10.2. The molecule has 1 aromatic carbocycles. The minimum Gasteiger partial charge on any atom is -0.497 e. The molecule has 0 radical (unpaired) electrons. The summed E-state index contributed by atoms with van der Waals surface area (Å²) in [5, 5.41) is 0. The fraction of sp³-hybridized carbons (Fsp3) is 0.357. The van der Waals surface area contributed by atoms with Gasteiger partial charge in [0.2, 0.25) is 0 Å². The third-order valence-electron chi connectivity index (χ3n) is 2.18. The van der Waals surface area contributed by atoms with Crippen LogP contribution in [0.15, 0.2) is 24.3 Å². The topological polar surface area (TPSA) is 35.5 Å². The van der Waals surface area contributed by atoms with Crippen molar-refractivity contribution in [3.8, 4) is 17.6 Å². The number of rotatable bonds is 6. The Labute approximate surface area is 102 Å². The van der Waals surface area contributed by atoms with Gasteiger partial charge in [0.25, 0.3) is 0 Å². The van der Waals surface area contributed by atoms with E-state index < -0.39 is 0 Å². The second kappa shape index (κ2) is 8.37. The fourth-order valence-electron chi connectivity index (χ4n) is 1.29. The normalized spacial score (nSPS) is 9.24. The summed E-state index contributed by atoms with van der Waals surface area (Å²) in [5.41, 5.74) is 1.12. The molecule has 0 fully saturated rings. The monoisotopic (exact) mass is 232 g/mol. The first-order valence-electron chi connectivity index (χ1n) is 5.49. The van der Waals surface area contributed by atoms with Crippen molar-refractivity contribution in [3.63, 3.8) is 0 Å². The lowest BCUT2D eigenvalue weighted by Gasteiger charge is -2.04. The maximum Gasteiger partial charge on any atom is 0.192 e. The molecular formula is C14H16O3. The zero-order valence-electron chi connectivity index (χ0n) is 9.94. The molecule has 0 saturated carbocycles. The Morgan fingerprint density at radius 2 is 2.06 bits per heavy atom. The molecule has 0 bridgehead atoms. The third-order valence-corrected chi connectivity index (χ3v) is 2.18. The predicted octanol–water partition coefficient (Wildman–Crippen LogP) is 2.19. The van der Waals surface area contributed by atoms with Crippen molar-refractivity contribution in [1.82, 2.24) is 0 Å². The smallest absolute Gasteiger partial charge is 0.192 e. The van der Waals surface area contributed by atoms with Crippen molar-refractivity contribution in [2.75, 3.05) is 13.7 Å². The molecule has 0 N–H and O–H groups in total. The van der Waals surface area contributed by atoms with Crippen LogP contribution in [-0.2, 0) is 16.1 Å². The second-order valence-corrected chi connectivity index (χ2v) is 3.44. The highest BCUT2D eigenvalue weighted by Crippen LogP contribution is 2.11. The van der Waals surface area contributed by atoms with E-state index in [-0.39, 0.29) is 0 Å². The molecule has 17 heavy (non-hydrogen) atoms. The van der Waals surface area contributed by atoms with Crippen molar-refractivity contribution in [2.24, 2.45) is 0 Å². The molecule has 0 aromatic heterocycles. The molecule has 0 aliphatic heterocycles. The van der Waals surface area contributed by atoms with Crippen LogP contribution >= 0.6 is 0 Å². The second-order valence-electron chi connectivity index (χ2n) is 3.44. The van der Waals surface area contributed by atoms with Crippen molar-refractivity contribution >= 4 is 6.29 Å². The molecule has 0 amide bonds. The Balaban J connectivity index is 2.15. The SMILES string of the molecule is COc1ccc(COCCCC#CC=O)cc1. The van der Waals surface area contributed by atoms with Crippen LogP contribution in [0.2, 0.25) is 0 Å². The fourth-order valence-corrected chi connectivity index (χ4v) is 1.29. The lowest BCUT2D eigenvalue weighted by Crippen LogP contribution is -1.95. The summed E-state index contributed by atoms with van der Waals surface area (Å²) in [7, 11) is 1.64. The third kappa shape index (κ3) is 5.74. The van der Waals surface area contributed by atoms with Crippen LogP contribution in [0.5, 0.6) is 5.75 Å². The summed E-state index contributed by atoms with van der Waals surface area (Å²) in [6.45, 7) is 1.24. The average molecular weight is 232 g/mol. The quantitative estimate of drug-likeness (QED) is 0.428. The van der Waals surface area contributed by atoms with Crippen molar-refractivity contribution in [2.45, 2.75) is 19.4 Å². The highest BCUT2D eigenvalue weighted by atomic mass is 16.5. The van der Waals surface area contributed by atoms with Gasteiger partial charge in [0, 0.05) is 13.0 Å². The molecule has 3 heteroatoms. The van der Waals surface area contributed by atoms with E-state index >= 15 is 0 Å². The Bertz CT molecular complexity index is 384. The van der Waals surface area contributed by atoms with E-state index in [9.17, 15) is 4.79 Å². The molecule has 0 aliphatic rings. The van der Waals surface area contributed by atoms with Crippen LogP contribution in [0.3, 0.4) is 0 Å². The van der Waals surface area contributed by atoms with E-state index in [0.29, 0.717) is 25.9 Å². The summed E-state index contributed by atoms with van der Waals surface area (Å²) in [5.74, 6) is 5.95. The zero-order valence-corrected chi connectivity index (χ0v) is 9.94. The lowest BCUT2D eigenvalue weighted by molar-refractivity contribution is -0.103. The first-order valence-corrected chi connectivity index (χ1v) is 5.49. The Morgan fingerprint density at radius 3 is 2.71 bits per heavy atom. The van der Waals surface area contributed by atoms with Crippen molar-refractivity contribution in [3.05, 3.63) is 29.8 Å². The highest BCUT2D eigenvalue weighted by molar-refractivity contribution is 5.72. The Hall–Kier alpha value is -1.79. The maximum absolute atomic E-state index is 9.92. The minimum atomic E-state index is 0.588. The summed E-state index contributed by atoms with van der Waals surface area (Å²) in [6, 6.07) is 7.78. The number of carbonyl (C=O) groups excluding carboxylic acids is 1. The Morgan fingerprint density at radius 1 is 1.29 bits per heavy atom. The molecule has 0 saturated heterocycles. The molecule has 3 nitrogen and oxygen atoms in total. The average Bonchev–Trinajstić information content (AvgIpc) is 2.38. The Kier molecular flexibility index (Phi) is 6.54. The number of carbonyl (C=O) groups is 1. The highest BCUT2D eigenvalue weighted by Gasteiger charge is 1.94. The molecule has 0 unspecified atom stereocenters. The first-order chi connectivity index (χ1) is 8.36. The molecule has 1 rings (SSSR count). The van der Waals surface area contributed by atoms with Gasteiger partial charge in [0.1, 0.15) is 5.75 Å². The van der Waals surface area contributed by atoms with E-state index in [1.165, 1.54) is 0 Å². The standard InChI is InChI=1S/C14H16O3/c1-16-14-8-6-13(7-9-14)12-17-11-5-3-2-4-10-15/h6-10H,3,5,11-12H2,1H3. The van der Waals surface area contributed by atoms with E-state index in [2.05, 4.69) is 11.8 Å². The maximum atomic E-state index is 9.92. The van der Waals surface area contributed by atoms with Gasteiger partial charge in [-0.1, -0.05) is 18.1 Å². The first kappa shape index (κ1) is 13.3. The van der Waals surface area contributed by atoms with Gasteiger partial charge in [-0.05, 0) is 30.0 Å². The number of hydrogen-bond acceptors (Lipinski definition) is 3. The van der Waals surface area contributed by atoms with E-state index in [4.69, 9.17) is 9.47 Å². The van der Waals surface area contributed by atoms with Gasteiger partial charge in [-0.15, -0.1) is 0 Å². The van der Waals surface area contributed by atoms with Gasteiger partial charge < -0.3 is 9.47 Å². The van der Waals surface area contributed by atoms with Gasteiger partial charge in [-0.2, -0.15) is 0 Å². The molecule has 0 spiro atoms. The van der Waals surface area contributed by atoms with Gasteiger partial charge in [-0.3, -0.25) is 4.79 Å². The minimum absolute atomic E-state index is 0.588. The number of benzene rings is 1. The van der Waals surface area contributed by atoms with E-state index in [1.807, 2.05) is 24.3 Å². The van der Waals surface area contributed by atoms with Crippen LogP contribution in [0.1, 0.15) is 18.4 Å². The van der Waals surface area contributed by atoms with Gasteiger partial charge in [-0.25, -0.2) is 0 Å². The molecule has 0 heterocycles. The molecule has 0 aliphatic carbocycles. The van der Waals surface area contributed by atoms with Crippen LogP contribution < -0.4 is 4.74 Å². The number of unbranched alkanes of at least 4 members (excludes halogenated alkanes) is 1. The summed E-state index contributed by atoms with van der Waals surface area (Å²) in [6.07, 6.45) is 2.15. The van der Waals surface area contributed by atoms with E-state index in [1.54, 1.807) is 7.11 Å². The summed E-state index contributed by atoms with van der Waals surface area (Å²) in [4.78, 5) is 9.92. The molecule has 1 aromatic rings. The molecule has 0 atom stereocenters. The van der Waals surface area contributed by atoms with Crippen LogP contribution in [0, 0.1) is 11.8 Å². The van der Waals surface area contributed by atoms with E-state index in [0.717, 1.165) is 17.7 Å². The predicted molar refractivity (Wildman–Crippen MR) is 65.7 cm³/mol.